The third-order valence-electron chi connectivity index (χ3n) is 4.84. The number of phosphoric acid groups is 1. The molecule has 0 unspecified atom stereocenters. The van der Waals surface area contributed by atoms with Gasteiger partial charge in [-0.05, 0) is 18.2 Å². The van der Waals surface area contributed by atoms with E-state index in [1.807, 2.05) is 0 Å². The lowest BCUT2D eigenvalue weighted by atomic mass is 10.1. The van der Waals surface area contributed by atoms with Crippen molar-refractivity contribution in [3.05, 3.63) is 42.2 Å². The Morgan fingerprint density at radius 3 is 2.69 bits per heavy atom. The molecule has 172 valence electrons. The second-order valence-electron chi connectivity index (χ2n) is 6.96. The van der Waals surface area contributed by atoms with Gasteiger partial charge in [-0.25, -0.2) is 23.9 Å². The van der Waals surface area contributed by atoms with E-state index in [4.69, 9.17) is 14.5 Å². The molecule has 6 N–H and O–H groups in total. The molecule has 1 saturated heterocycles. The molecule has 4 rings (SSSR count). The van der Waals surface area contributed by atoms with Crippen molar-refractivity contribution < 1.29 is 43.3 Å². The monoisotopic (exact) mass is 471 g/mol. The van der Waals surface area contributed by atoms with Gasteiger partial charge in [0.05, 0.1) is 12.9 Å². The average Bonchev–Trinajstić information content (AvgIpc) is 3.29. The molecular formula is C17H19FN5O8P. The van der Waals surface area contributed by atoms with Crippen LogP contribution >= 0.6 is 7.82 Å². The van der Waals surface area contributed by atoms with Gasteiger partial charge >= 0.3 is 7.82 Å². The summed E-state index contributed by atoms with van der Waals surface area (Å²) in [6.45, 7) is -0.615. The Labute approximate surface area is 179 Å². The molecular weight excluding hydrogens is 452 g/mol. The fourth-order valence-corrected chi connectivity index (χ4v) is 3.73. The first kappa shape index (κ1) is 22.5. The smallest absolute Gasteiger partial charge is 0.404 e. The number of benzene rings is 1. The zero-order valence-electron chi connectivity index (χ0n) is 16.2. The number of halogens is 1. The Morgan fingerprint density at radius 1 is 1.22 bits per heavy atom. The average molecular weight is 471 g/mol. The molecule has 0 saturated carbocycles. The lowest BCUT2D eigenvalue weighted by Gasteiger charge is -2.16. The molecule has 4 atom stereocenters. The number of nitrogens with zero attached hydrogens (tertiary/aromatic N) is 4. The molecule has 1 fully saturated rings. The first-order chi connectivity index (χ1) is 15.2. The van der Waals surface area contributed by atoms with Crippen molar-refractivity contribution in [2.45, 2.75) is 31.1 Å². The van der Waals surface area contributed by atoms with Gasteiger partial charge in [0.15, 0.2) is 23.2 Å². The Morgan fingerprint density at radius 2 is 2.00 bits per heavy atom. The summed E-state index contributed by atoms with van der Waals surface area (Å²) in [5.74, 6) is -0.642. The van der Waals surface area contributed by atoms with E-state index in [-0.39, 0.29) is 34.8 Å². The van der Waals surface area contributed by atoms with Crippen LogP contribution in [0.15, 0.2) is 30.9 Å². The number of hydrogen-bond donors (Lipinski definition) is 6. The maximum atomic E-state index is 14.1. The Hall–Kier alpha value is -2.71. The summed E-state index contributed by atoms with van der Waals surface area (Å²) in [6, 6.07) is 3.23. The van der Waals surface area contributed by atoms with Gasteiger partial charge in [0.25, 0.3) is 0 Å². The molecule has 0 aliphatic carbocycles. The number of aliphatic hydroxyl groups is 3. The number of aliphatic hydroxyl groups excluding tert-OH is 3. The molecule has 0 spiro atoms. The largest absolute Gasteiger partial charge is 0.524 e. The van der Waals surface area contributed by atoms with Crippen molar-refractivity contribution in [3.63, 3.8) is 0 Å². The molecule has 1 aromatic carbocycles. The predicted octanol–water partition coefficient (Wildman–Crippen LogP) is -0.340. The Balaban J connectivity index is 1.57. The van der Waals surface area contributed by atoms with Crippen LogP contribution in [0.4, 0.5) is 10.2 Å². The van der Waals surface area contributed by atoms with E-state index < -0.39 is 44.8 Å². The quantitative estimate of drug-likeness (QED) is 0.246. The number of fused-ring (bicyclic) bond motifs is 1. The van der Waals surface area contributed by atoms with E-state index in [2.05, 4.69) is 24.8 Å². The van der Waals surface area contributed by atoms with Crippen LogP contribution in [0, 0.1) is 5.82 Å². The standard InChI is InChI=1S/C17H19FN5O8P/c18-10-2-1-9(31-32(27,28)29)3-8(10)4-19-15-12-16(21-6-20-15)23(7-22-12)17-14(26)13(25)11(5-24)30-17/h1-3,6-7,11,13-14,17,24-26H,4-5H2,(H,19,20,21)(H2,27,28,29)/t11-,13-,14-,17-/m1/s1. The van der Waals surface area contributed by atoms with Crippen molar-refractivity contribution in [1.29, 1.82) is 0 Å². The first-order valence-electron chi connectivity index (χ1n) is 9.25. The van der Waals surface area contributed by atoms with Crippen LogP contribution in [-0.2, 0) is 15.8 Å². The molecule has 2 aromatic heterocycles. The summed E-state index contributed by atoms with van der Waals surface area (Å²) in [6.07, 6.45) is -2.13. The van der Waals surface area contributed by atoms with Crippen LogP contribution in [0.3, 0.4) is 0 Å². The molecule has 0 radical (unpaired) electrons. The summed E-state index contributed by atoms with van der Waals surface area (Å²) in [7, 11) is -4.80. The highest BCUT2D eigenvalue weighted by Gasteiger charge is 2.44. The number of rotatable bonds is 7. The molecule has 0 bridgehead atoms. The highest BCUT2D eigenvalue weighted by molar-refractivity contribution is 7.46. The second kappa shape index (κ2) is 8.67. The van der Waals surface area contributed by atoms with Crippen LogP contribution in [0.5, 0.6) is 5.75 Å². The summed E-state index contributed by atoms with van der Waals surface area (Å²) in [5.41, 5.74) is 0.551. The zero-order chi connectivity index (χ0) is 23.0. The van der Waals surface area contributed by atoms with Gasteiger partial charge in [0.1, 0.15) is 36.2 Å². The normalized spacial score (nSPS) is 23.6. The minimum Gasteiger partial charge on any atom is -0.404 e. The van der Waals surface area contributed by atoms with E-state index in [1.54, 1.807) is 0 Å². The summed E-state index contributed by atoms with van der Waals surface area (Å²) in [4.78, 5) is 30.2. The van der Waals surface area contributed by atoms with Crippen molar-refractivity contribution >= 4 is 24.8 Å². The van der Waals surface area contributed by atoms with Crippen molar-refractivity contribution in [1.82, 2.24) is 19.5 Å². The number of ether oxygens (including phenoxy) is 1. The molecule has 3 aromatic rings. The van der Waals surface area contributed by atoms with Gasteiger partial charge in [-0.15, -0.1) is 0 Å². The van der Waals surface area contributed by atoms with E-state index in [1.165, 1.54) is 17.2 Å². The van der Waals surface area contributed by atoms with Crippen molar-refractivity contribution in [2.24, 2.45) is 0 Å². The maximum absolute atomic E-state index is 14.1. The predicted molar refractivity (Wildman–Crippen MR) is 105 cm³/mol. The van der Waals surface area contributed by atoms with Gasteiger partial charge in [0.2, 0.25) is 0 Å². The summed E-state index contributed by atoms with van der Waals surface area (Å²) >= 11 is 0. The number of imidazole rings is 1. The number of anilines is 1. The van der Waals surface area contributed by atoms with E-state index in [0.717, 1.165) is 18.2 Å². The highest BCUT2D eigenvalue weighted by atomic mass is 31.2. The fourth-order valence-electron chi connectivity index (χ4n) is 3.34. The van der Waals surface area contributed by atoms with E-state index >= 15 is 0 Å². The van der Waals surface area contributed by atoms with Gasteiger partial charge in [-0.2, -0.15) is 0 Å². The van der Waals surface area contributed by atoms with Crippen LogP contribution in [0.2, 0.25) is 0 Å². The van der Waals surface area contributed by atoms with Gasteiger partial charge in [-0.3, -0.25) is 14.4 Å². The maximum Gasteiger partial charge on any atom is 0.524 e. The molecule has 1 aliphatic heterocycles. The van der Waals surface area contributed by atoms with Crippen LogP contribution in [0.1, 0.15) is 11.8 Å². The molecule has 15 heteroatoms. The molecule has 0 amide bonds. The van der Waals surface area contributed by atoms with Gasteiger partial charge < -0.3 is 29.9 Å². The number of aromatic nitrogens is 4. The number of hydrogen-bond acceptors (Lipinski definition) is 10. The first-order valence-corrected chi connectivity index (χ1v) is 10.8. The zero-order valence-corrected chi connectivity index (χ0v) is 17.1. The molecule has 32 heavy (non-hydrogen) atoms. The lowest BCUT2D eigenvalue weighted by molar-refractivity contribution is -0.0511. The summed E-state index contributed by atoms with van der Waals surface area (Å²) < 4.78 is 36.5. The summed E-state index contributed by atoms with van der Waals surface area (Å²) in [5, 5.41) is 32.4. The molecule has 1 aliphatic rings. The SMILES string of the molecule is O=P(O)(O)Oc1ccc(F)c(CNc2ncnc3c2ncn3[C@@H]2O[C@H](CO)[C@@H](O)[C@H]2O)c1. The number of phosphoric ester groups is 1. The fraction of sp³-hybridized carbons (Fsp3) is 0.353. The van der Waals surface area contributed by atoms with Crippen LogP contribution in [-0.4, -0.2) is 69.5 Å². The van der Waals surface area contributed by atoms with Crippen molar-refractivity contribution in [3.8, 4) is 5.75 Å². The van der Waals surface area contributed by atoms with E-state index in [0.29, 0.717) is 0 Å². The van der Waals surface area contributed by atoms with Crippen molar-refractivity contribution in [2.75, 3.05) is 11.9 Å². The van der Waals surface area contributed by atoms with Gasteiger partial charge in [0, 0.05) is 12.1 Å². The minimum absolute atomic E-state index is 0.0469. The lowest BCUT2D eigenvalue weighted by Crippen LogP contribution is -2.33. The molecule has 3 heterocycles. The van der Waals surface area contributed by atoms with E-state index in [9.17, 15) is 24.3 Å². The van der Waals surface area contributed by atoms with Crippen LogP contribution in [0.25, 0.3) is 11.2 Å². The minimum atomic E-state index is -4.80. The third kappa shape index (κ3) is 4.42. The topological polar surface area (TPSA) is 192 Å². The Kier molecular flexibility index (Phi) is 6.09. The second-order valence-corrected chi connectivity index (χ2v) is 8.13. The third-order valence-corrected chi connectivity index (χ3v) is 5.29. The van der Waals surface area contributed by atoms with Crippen LogP contribution < -0.4 is 9.84 Å². The van der Waals surface area contributed by atoms with Gasteiger partial charge in [-0.1, -0.05) is 0 Å². The number of nitrogens with one attached hydrogen (secondary N) is 1. The Bertz CT molecular complexity index is 1170. The molecule has 13 nitrogen and oxygen atoms in total. The highest BCUT2D eigenvalue weighted by Crippen LogP contribution is 2.38.